The van der Waals surface area contributed by atoms with E-state index in [0.717, 1.165) is 36.9 Å². The number of para-hydroxylation sites is 1. The molecule has 2 heterocycles. The number of benzene rings is 2. The molecule has 3 aliphatic rings. The average molecular weight is 361 g/mol. The van der Waals surface area contributed by atoms with E-state index < -0.39 is 17.4 Å². The van der Waals surface area contributed by atoms with E-state index in [1.165, 1.54) is 6.42 Å². The summed E-state index contributed by atoms with van der Waals surface area (Å²) in [7, 11) is 0. The minimum atomic E-state index is -0.847. The van der Waals surface area contributed by atoms with Crippen molar-refractivity contribution in [1.29, 1.82) is 0 Å². The summed E-state index contributed by atoms with van der Waals surface area (Å²) in [6, 6.07) is 15.3. The number of hydrogen-bond donors (Lipinski definition) is 1. The Hall–Kier alpha value is -2.62. The molecule has 138 valence electrons. The minimum absolute atomic E-state index is 0.0690. The first-order chi connectivity index (χ1) is 13.0. The molecule has 2 aromatic rings. The number of amides is 1. The van der Waals surface area contributed by atoms with Gasteiger partial charge >= 0.3 is 5.97 Å². The lowest BCUT2D eigenvalue weighted by atomic mass is 9.54. The lowest BCUT2D eigenvalue weighted by Gasteiger charge is -2.54. The highest BCUT2D eigenvalue weighted by molar-refractivity contribution is 6.13. The number of anilines is 1. The monoisotopic (exact) mass is 361 g/mol. The van der Waals surface area contributed by atoms with Gasteiger partial charge in [0.2, 0.25) is 0 Å². The summed E-state index contributed by atoms with van der Waals surface area (Å²) >= 11 is 0. The van der Waals surface area contributed by atoms with Crippen molar-refractivity contribution in [2.45, 2.75) is 55.9 Å². The second-order valence-electron chi connectivity index (χ2n) is 8.31. The number of fused-ring (bicyclic) bond motifs is 6. The number of carbonyl (C=O) groups is 2. The molecule has 1 spiro atoms. The van der Waals surface area contributed by atoms with E-state index in [0.29, 0.717) is 11.1 Å². The van der Waals surface area contributed by atoms with E-state index in [-0.39, 0.29) is 11.3 Å². The van der Waals surface area contributed by atoms with Gasteiger partial charge in [0.05, 0.1) is 5.54 Å². The molecule has 4 nitrogen and oxygen atoms in total. The van der Waals surface area contributed by atoms with Crippen LogP contribution in [0, 0.1) is 0 Å². The molecule has 1 amide bonds. The first-order valence-electron chi connectivity index (χ1n) is 9.78. The number of rotatable bonds is 1. The molecule has 2 aliphatic heterocycles. The van der Waals surface area contributed by atoms with Gasteiger partial charge in [0, 0.05) is 16.7 Å². The predicted molar refractivity (Wildman–Crippen MR) is 103 cm³/mol. The smallest absolute Gasteiger partial charge is 0.313 e. The fraction of sp³-hybridized carbons (Fsp3) is 0.391. The van der Waals surface area contributed by atoms with E-state index in [4.69, 9.17) is 0 Å². The lowest BCUT2D eigenvalue weighted by molar-refractivity contribution is -0.141. The first kappa shape index (κ1) is 16.5. The van der Waals surface area contributed by atoms with Crippen molar-refractivity contribution < 1.29 is 14.7 Å². The zero-order valence-electron chi connectivity index (χ0n) is 15.4. The number of carbonyl (C=O) groups excluding carboxylic acids is 1. The van der Waals surface area contributed by atoms with E-state index in [2.05, 4.69) is 6.07 Å². The number of carboxylic acids is 1. The van der Waals surface area contributed by atoms with Crippen molar-refractivity contribution in [3.63, 3.8) is 0 Å². The highest BCUT2D eigenvalue weighted by Crippen LogP contribution is 2.64. The molecule has 1 aliphatic carbocycles. The highest BCUT2D eigenvalue weighted by Gasteiger charge is 2.67. The Balaban J connectivity index is 1.87. The Morgan fingerprint density at radius 1 is 1.04 bits per heavy atom. The molecular weight excluding hydrogens is 338 g/mol. The van der Waals surface area contributed by atoms with Crippen LogP contribution in [0.1, 0.15) is 66.4 Å². The Bertz CT molecular complexity index is 960. The highest BCUT2D eigenvalue weighted by atomic mass is 16.4. The topological polar surface area (TPSA) is 57.6 Å². The predicted octanol–water partition coefficient (Wildman–Crippen LogP) is 4.49. The van der Waals surface area contributed by atoms with Crippen LogP contribution in [0.15, 0.2) is 48.5 Å². The third-order valence-electron chi connectivity index (χ3n) is 7.32. The molecule has 4 heteroatoms. The van der Waals surface area contributed by atoms with Crippen molar-refractivity contribution in [1.82, 2.24) is 0 Å². The Kier molecular flexibility index (Phi) is 3.34. The molecule has 0 bridgehead atoms. The molecular formula is C23H23NO3. The van der Waals surface area contributed by atoms with E-state index >= 15 is 0 Å². The quantitative estimate of drug-likeness (QED) is 0.814. The molecule has 0 saturated heterocycles. The van der Waals surface area contributed by atoms with Crippen molar-refractivity contribution in [3.05, 3.63) is 65.2 Å². The van der Waals surface area contributed by atoms with Gasteiger partial charge in [-0.25, -0.2) is 0 Å². The van der Waals surface area contributed by atoms with Gasteiger partial charge in [0.15, 0.2) is 0 Å². The molecule has 0 radical (unpaired) electrons. The third kappa shape index (κ3) is 1.83. The van der Waals surface area contributed by atoms with Gasteiger partial charge < -0.3 is 10.0 Å². The molecule has 2 unspecified atom stereocenters. The maximum atomic E-state index is 13.6. The van der Waals surface area contributed by atoms with E-state index in [1.54, 1.807) is 6.07 Å². The van der Waals surface area contributed by atoms with E-state index in [1.807, 2.05) is 48.2 Å². The van der Waals surface area contributed by atoms with Gasteiger partial charge in [0.25, 0.3) is 5.91 Å². The lowest BCUT2D eigenvalue weighted by Crippen LogP contribution is -2.65. The van der Waals surface area contributed by atoms with Gasteiger partial charge in [-0.3, -0.25) is 9.59 Å². The molecule has 27 heavy (non-hydrogen) atoms. The van der Waals surface area contributed by atoms with Gasteiger partial charge in [-0.15, -0.1) is 0 Å². The van der Waals surface area contributed by atoms with Crippen molar-refractivity contribution >= 4 is 17.6 Å². The molecule has 2 aromatic carbocycles. The summed E-state index contributed by atoms with van der Waals surface area (Å²) in [5.41, 5.74) is 2.12. The van der Waals surface area contributed by atoms with Gasteiger partial charge in [-0.05, 0) is 43.0 Å². The van der Waals surface area contributed by atoms with Crippen LogP contribution in [0.5, 0.6) is 0 Å². The second kappa shape index (κ2) is 5.44. The van der Waals surface area contributed by atoms with Crippen LogP contribution in [-0.4, -0.2) is 22.5 Å². The first-order valence-corrected chi connectivity index (χ1v) is 9.78. The molecule has 1 saturated carbocycles. The second-order valence-corrected chi connectivity index (χ2v) is 8.31. The zero-order chi connectivity index (χ0) is 18.8. The molecule has 1 N–H and O–H groups in total. The molecule has 2 atom stereocenters. The number of carboxylic acid groups (broad SMARTS) is 1. The van der Waals surface area contributed by atoms with Crippen LogP contribution < -0.4 is 4.90 Å². The van der Waals surface area contributed by atoms with Crippen LogP contribution >= 0.6 is 0 Å². The Labute approximate surface area is 158 Å². The fourth-order valence-electron chi connectivity index (χ4n) is 6.21. The summed E-state index contributed by atoms with van der Waals surface area (Å²) in [6.07, 6.45) is 5.16. The Morgan fingerprint density at radius 2 is 1.70 bits per heavy atom. The summed E-state index contributed by atoms with van der Waals surface area (Å²) in [5, 5.41) is 10.3. The molecule has 1 fully saturated rings. The van der Waals surface area contributed by atoms with Crippen LogP contribution in [0.2, 0.25) is 0 Å². The van der Waals surface area contributed by atoms with Crippen LogP contribution in [0.3, 0.4) is 0 Å². The maximum absolute atomic E-state index is 13.6. The van der Waals surface area contributed by atoms with Crippen LogP contribution in [0.25, 0.3) is 0 Å². The average Bonchev–Trinajstić information content (AvgIpc) is 2.88. The number of nitrogens with zero attached hydrogens (tertiary/aromatic N) is 1. The van der Waals surface area contributed by atoms with Crippen molar-refractivity contribution in [2.75, 3.05) is 4.90 Å². The van der Waals surface area contributed by atoms with Gasteiger partial charge in [-0.1, -0.05) is 55.7 Å². The largest absolute Gasteiger partial charge is 0.481 e. The third-order valence-corrected chi connectivity index (χ3v) is 7.32. The van der Waals surface area contributed by atoms with Crippen molar-refractivity contribution in [3.8, 4) is 0 Å². The molecule has 0 aromatic heterocycles. The Morgan fingerprint density at radius 3 is 2.44 bits per heavy atom. The summed E-state index contributed by atoms with van der Waals surface area (Å²) in [4.78, 5) is 28.0. The summed E-state index contributed by atoms with van der Waals surface area (Å²) in [5.74, 6) is -1.65. The maximum Gasteiger partial charge on any atom is 0.313 e. The minimum Gasteiger partial charge on any atom is -0.481 e. The number of aliphatic carboxylic acids is 1. The zero-order valence-corrected chi connectivity index (χ0v) is 15.4. The van der Waals surface area contributed by atoms with Gasteiger partial charge in [-0.2, -0.15) is 0 Å². The molecule has 5 rings (SSSR count). The van der Waals surface area contributed by atoms with E-state index in [9.17, 15) is 14.7 Å². The van der Waals surface area contributed by atoms with Crippen LogP contribution in [0.4, 0.5) is 5.69 Å². The van der Waals surface area contributed by atoms with Crippen LogP contribution in [-0.2, 0) is 10.2 Å². The van der Waals surface area contributed by atoms with Crippen molar-refractivity contribution in [2.24, 2.45) is 0 Å². The normalized spacial score (nSPS) is 27.8. The standard InChI is InChI=1S/C23H23NO3/c1-22-19(21(26)27)15-9-3-4-10-16(15)20(25)24(22)18-12-6-5-11-17(18)23(22)13-7-2-8-14-23/h3-6,9-12,19H,2,7-8,13-14H2,1H3,(H,26,27). The SMILES string of the molecule is CC12C(C(=O)O)c3ccccc3C(=O)N1c1ccccc1C21CCCCC1. The van der Waals surface area contributed by atoms with Gasteiger partial charge in [0.1, 0.15) is 5.92 Å². The summed E-state index contributed by atoms with van der Waals surface area (Å²) < 4.78 is 0. The summed E-state index contributed by atoms with van der Waals surface area (Å²) in [6.45, 7) is 2.02. The number of hydrogen-bond acceptors (Lipinski definition) is 2. The fourth-order valence-corrected chi connectivity index (χ4v) is 6.21.